The molecule has 1 atom stereocenters. The molecule has 0 amide bonds. The number of methoxy groups -OCH3 is 1. The Morgan fingerprint density at radius 2 is 1.90 bits per heavy atom. The first-order valence-corrected chi connectivity index (χ1v) is 7.50. The molecule has 0 saturated carbocycles. The van der Waals surface area contributed by atoms with Crippen molar-refractivity contribution in [3.8, 4) is 5.75 Å². The number of aryl methyl sites for hydroxylation is 1. The van der Waals surface area contributed by atoms with E-state index in [0.29, 0.717) is 0 Å². The SMILES string of the molecule is CNC(c1ccc(Br)cc1Cl)c1cc(C)ccc1OC. The molecule has 2 aromatic carbocycles. The van der Waals surface area contributed by atoms with Crippen LogP contribution in [0.1, 0.15) is 22.7 Å². The summed E-state index contributed by atoms with van der Waals surface area (Å²) in [5, 5.41) is 4.04. The average molecular weight is 355 g/mol. The smallest absolute Gasteiger partial charge is 0.124 e. The Labute approximate surface area is 133 Å². The Balaban J connectivity index is 2.54. The molecule has 0 aromatic heterocycles. The maximum Gasteiger partial charge on any atom is 0.124 e. The lowest BCUT2D eigenvalue weighted by molar-refractivity contribution is 0.405. The van der Waals surface area contributed by atoms with Crippen LogP contribution in [0.25, 0.3) is 0 Å². The first kappa shape index (κ1) is 15.4. The van der Waals surface area contributed by atoms with Gasteiger partial charge in [0.15, 0.2) is 0 Å². The first-order valence-electron chi connectivity index (χ1n) is 6.33. The first-order chi connectivity index (χ1) is 9.56. The lowest BCUT2D eigenvalue weighted by atomic mass is 9.96. The molecule has 0 bridgehead atoms. The molecule has 1 N–H and O–H groups in total. The van der Waals surface area contributed by atoms with Gasteiger partial charge in [-0.15, -0.1) is 0 Å². The lowest BCUT2D eigenvalue weighted by Crippen LogP contribution is -2.19. The van der Waals surface area contributed by atoms with Gasteiger partial charge in [-0.05, 0) is 37.7 Å². The molecule has 0 fully saturated rings. The van der Waals surface area contributed by atoms with E-state index < -0.39 is 0 Å². The Hall–Kier alpha value is -1.03. The number of benzene rings is 2. The predicted octanol–water partition coefficient (Wildman–Crippen LogP) is 4.73. The molecule has 0 aliphatic heterocycles. The van der Waals surface area contributed by atoms with Crippen LogP contribution < -0.4 is 10.1 Å². The standard InChI is InChI=1S/C16H17BrClNO/c1-10-4-7-15(20-3)13(8-10)16(19-2)12-6-5-11(17)9-14(12)18/h4-9,16,19H,1-3H3. The zero-order valence-electron chi connectivity index (χ0n) is 11.7. The van der Waals surface area contributed by atoms with E-state index in [1.165, 1.54) is 5.56 Å². The van der Waals surface area contributed by atoms with Gasteiger partial charge in [-0.2, -0.15) is 0 Å². The minimum Gasteiger partial charge on any atom is -0.496 e. The highest BCUT2D eigenvalue weighted by Gasteiger charge is 2.19. The summed E-state index contributed by atoms with van der Waals surface area (Å²) in [6, 6.07) is 12.1. The van der Waals surface area contributed by atoms with Gasteiger partial charge in [-0.3, -0.25) is 0 Å². The largest absolute Gasteiger partial charge is 0.496 e. The Bertz CT molecular complexity index is 615. The monoisotopic (exact) mass is 353 g/mol. The molecule has 0 radical (unpaired) electrons. The number of nitrogens with one attached hydrogen (secondary N) is 1. The van der Waals surface area contributed by atoms with Crippen LogP contribution in [-0.2, 0) is 0 Å². The fourth-order valence-corrected chi connectivity index (χ4v) is 3.08. The Morgan fingerprint density at radius 3 is 2.50 bits per heavy atom. The molecule has 0 aliphatic carbocycles. The summed E-state index contributed by atoms with van der Waals surface area (Å²) in [6.45, 7) is 2.07. The van der Waals surface area contributed by atoms with E-state index in [4.69, 9.17) is 16.3 Å². The average Bonchev–Trinajstić information content (AvgIpc) is 2.42. The molecule has 2 aromatic rings. The van der Waals surface area contributed by atoms with Crippen LogP contribution in [0.15, 0.2) is 40.9 Å². The van der Waals surface area contributed by atoms with Crippen LogP contribution >= 0.6 is 27.5 Å². The van der Waals surface area contributed by atoms with E-state index in [-0.39, 0.29) is 6.04 Å². The van der Waals surface area contributed by atoms with Gasteiger partial charge in [0, 0.05) is 15.1 Å². The van der Waals surface area contributed by atoms with Crippen LogP contribution in [0.5, 0.6) is 5.75 Å². The molecule has 1 unspecified atom stereocenters. The zero-order chi connectivity index (χ0) is 14.7. The summed E-state index contributed by atoms with van der Waals surface area (Å²) in [5.41, 5.74) is 3.30. The van der Waals surface area contributed by atoms with E-state index in [1.807, 2.05) is 37.4 Å². The molecule has 4 heteroatoms. The van der Waals surface area contributed by atoms with Crippen molar-refractivity contribution in [2.45, 2.75) is 13.0 Å². The van der Waals surface area contributed by atoms with E-state index in [0.717, 1.165) is 26.4 Å². The molecule has 106 valence electrons. The van der Waals surface area contributed by atoms with Gasteiger partial charge in [-0.1, -0.05) is 51.3 Å². The van der Waals surface area contributed by atoms with Crippen molar-refractivity contribution in [3.05, 3.63) is 62.6 Å². The molecule has 20 heavy (non-hydrogen) atoms. The number of ether oxygens (including phenoxy) is 1. The van der Waals surface area contributed by atoms with Gasteiger partial charge >= 0.3 is 0 Å². The van der Waals surface area contributed by atoms with Crippen LogP contribution in [0.2, 0.25) is 5.02 Å². The van der Waals surface area contributed by atoms with Crippen molar-refractivity contribution >= 4 is 27.5 Å². The summed E-state index contributed by atoms with van der Waals surface area (Å²) < 4.78 is 6.45. The Morgan fingerprint density at radius 1 is 1.15 bits per heavy atom. The number of hydrogen-bond donors (Lipinski definition) is 1. The number of rotatable bonds is 4. The third kappa shape index (κ3) is 3.17. The second-order valence-electron chi connectivity index (χ2n) is 4.63. The summed E-state index contributed by atoms with van der Waals surface area (Å²) in [4.78, 5) is 0. The molecular formula is C16H17BrClNO. The minimum absolute atomic E-state index is 0.00884. The van der Waals surface area contributed by atoms with E-state index >= 15 is 0 Å². The fourth-order valence-electron chi connectivity index (χ4n) is 2.29. The van der Waals surface area contributed by atoms with Crippen LogP contribution in [-0.4, -0.2) is 14.2 Å². The van der Waals surface area contributed by atoms with Crippen LogP contribution in [0.4, 0.5) is 0 Å². The van der Waals surface area contributed by atoms with Gasteiger partial charge in [0.2, 0.25) is 0 Å². The highest BCUT2D eigenvalue weighted by molar-refractivity contribution is 9.10. The van der Waals surface area contributed by atoms with Gasteiger partial charge in [-0.25, -0.2) is 0 Å². The van der Waals surface area contributed by atoms with Crippen molar-refractivity contribution in [2.75, 3.05) is 14.2 Å². The molecule has 0 heterocycles. The second kappa shape index (κ2) is 6.61. The van der Waals surface area contributed by atoms with Crippen molar-refractivity contribution in [1.82, 2.24) is 5.32 Å². The molecular weight excluding hydrogens is 338 g/mol. The van der Waals surface area contributed by atoms with Crippen molar-refractivity contribution in [1.29, 1.82) is 0 Å². The summed E-state index contributed by atoms with van der Waals surface area (Å²) >= 11 is 9.81. The normalized spacial score (nSPS) is 12.2. The topological polar surface area (TPSA) is 21.3 Å². The Kier molecular flexibility index (Phi) is 5.08. The highest BCUT2D eigenvalue weighted by Crippen LogP contribution is 2.35. The van der Waals surface area contributed by atoms with Crippen LogP contribution in [0, 0.1) is 6.92 Å². The third-order valence-corrected chi connectivity index (χ3v) is 4.08. The van der Waals surface area contributed by atoms with E-state index in [2.05, 4.69) is 34.2 Å². The minimum atomic E-state index is -0.00884. The number of halogens is 2. The van der Waals surface area contributed by atoms with Crippen molar-refractivity contribution in [2.24, 2.45) is 0 Å². The summed E-state index contributed by atoms with van der Waals surface area (Å²) in [7, 11) is 3.61. The second-order valence-corrected chi connectivity index (χ2v) is 5.96. The van der Waals surface area contributed by atoms with E-state index in [9.17, 15) is 0 Å². The van der Waals surface area contributed by atoms with Crippen molar-refractivity contribution < 1.29 is 4.74 Å². The molecule has 2 nitrogen and oxygen atoms in total. The lowest BCUT2D eigenvalue weighted by Gasteiger charge is -2.21. The molecule has 0 saturated heterocycles. The quantitative estimate of drug-likeness (QED) is 0.857. The van der Waals surface area contributed by atoms with E-state index in [1.54, 1.807) is 7.11 Å². The summed E-state index contributed by atoms with van der Waals surface area (Å²) in [5.74, 6) is 0.855. The zero-order valence-corrected chi connectivity index (χ0v) is 14.0. The van der Waals surface area contributed by atoms with Crippen molar-refractivity contribution in [3.63, 3.8) is 0 Å². The van der Waals surface area contributed by atoms with Gasteiger partial charge in [0.05, 0.1) is 13.2 Å². The van der Waals surface area contributed by atoms with Crippen LogP contribution in [0.3, 0.4) is 0 Å². The third-order valence-electron chi connectivity index (χ3n) is 3.26. The van der Waals surface area contributed by atoms with Gasteiger partial charge in [0.1, 0.15) is 5.75 Å². The van der Waals surface area contributed by atoms with Gasteiger partial charge < -0.3 is 10.1 Å². The molecule has 0 aliphatic rings. The van der Waals surface area contributed by atoms with Gasteiger partial charge in [0.25, 0.3) is 0 Å². The summed E-state index contributed by atoms with van der Waals surface area (Å²) in [6.07, 6.45) is 0. The number of hydrogen-bond acceptors (Lipinski definition) is 2. The maximum absolute atomic E-state index is 6.38. The maximum atomic E-state index is 6.38. The predicted molar refractivity (Wildman–Crippen MR) is 87.8 cm³/mol. The fraction of sp³-hybridized carbons (Fsp3) is 0.250. The molecule has 2 rings (SSSR count). The highest BCUT2D eigenvalue weighted by atomic mass is 79.9. The molecule has 0 spiro atoms.